The lowest BCUT2D eigenvalue weighted by Crippen LogP contribution is -2.38. The molecule has 0 saturated carbocycles. The minimum Gasteiger partial charge on any atom is -0.334 e. The average molecular weight is 467 g/mol. The van der Waals surface area contributed by atoms with Crippen LogP contribution in [0.3, 0.4) is 0 Å². The van der Waals surface area contributed by atoms with Crippen molar-refractivity contribution in [1.29, 1.82) is 0 Å². The number of thiophene rings is 1. The van der Waals surface area contributed by atoms with Crippen molar-refractivity contribution in [3.05, 3.63) is 53.2 Å². The molecule has 0 radical (unpaired) electrons. The number of hydrogen-bond acceptors (Lipinski definition) is 6. The van der Waals surface area contributed by atoms with Crippen molar-refractivity contribution in [3.63, 3.8) is 0 Å². The van der Waals surface area contributed by atoms with Crippen molar-refractivity contribution in [2.45, 2.75) is 4.90 Å². The molecule has 30 heavy (non-hydrogen) atoms. The molecule has 2 aromatic rings. The van der Waals surface area contributed by atoms with E-state index >= 15 is 0 Å². The van der Waals surface area contributed by atoms with Gasteiger partial charge in [0.1, 0.15) is 9.77 Å². The molecule has 0 aliphatic carbocycles. The van der Waals surface area contributed by atoms with Gasteiger partial charge in [-0.2, -0.15) is 16.1 Å². The Morgan fingerprint density at radius 2 is 1.70 bits per heavy atom. The van der Waals surface area contributed by atoms with Crippen molar-refractivity contribution >= 4 is 56.4 Å². The molecule has 1 fully saturated rings. The molecule has 1 aromatic carbocycles. The quantitative estimate of drug-likeness (QED) is 0.544. The van der Waals surface area contributed by atoms with Crippen LogP contribution in [0.5, 0.6) is 0 Å². The van der Waals surface area contributed by atoms with Crippen LogP contribution >= 0.6 is 23.1 Å². The van der Waals surface area contributed by atoms with Crippen LogP contribution < -0.4 is 16.0 Å². The third kappa shape index (κ3) is 5.42. The Labute approximate surface area is 183 Å². The maximum atomic E-state index is 12.9. The van der Waals surface area contributed by atoms with Crippen LogP contribution in [0.15, 0.2) is 53.3 Å². The molecule has 8 nitrogen and oxygen atoms in total. The largest absolute Gasteiger partial charge is 0.334 e. The summed E-state index contributed by atoms with van der Waals surface area (Å²) >= 11 is 2.81. The van der Waals surface area contributed by atoms with Crippen LogP contribution in [0.25, 0.3) is 0 Å². The molecule has 0 spiro atoms. The lowest BCUT2D eigenvalue weighted by atomic mass is 10.2. The van der Waals surface area contributed by atoms with Gasteiger partial charge < -0.3 is 16.0 Å². The number of hydrogen-bond donors (Lipinski definition) is 3. The Morgan fingerprint density at radius 1 is 1.07 bits per heavy atom. The molecular formula is C19H22N4O4S3. The first-order valence-electron chi connectivity index (χ1n) is 9.14. The molecule has 11 heteroatoms. The molecule has 1 saturated heterocycles. The van der Waals surface area contributed by atoms with Gasteiger partial charge in [0.25, 0.3) is 5.91 Å². The Balaban J connectivity index is 1.68. The Hall–Kier alpha value is -2.34. The van der Waals surface area contributed by atoms with Crippen molar-refractivity contribution in [2.75, 3.05) is 41.8 Å². The zero-order valence-corrected chi connectivity index (χ0v) is 18.5. The summed E-state index contributed by atoms with van der Waals surface area (Å²) in [4.78, 5) is 24.6. The van der Waals surface area contributed by atoms with E-state index in [-0.39, 0.29) is 15.8 Å². The monoisotopic (exact) mass is 466 g/mol. The molecule has 3 rings (SSSR count). The van der Waals surface area contributed by atoms with E-state index in [0.29, 0.717) is 31.0 Å². The first-order valence-corrected chi connectivity index (χ1v) is 12.6. The number of anilines is 2. The number of nitrogens with zero attached hydrogens (tertiary/aromatic N) is 1. The highest BCUT2D eigenvalue weighted by Crippen LogP contribution is 2.28. The van der Waals surface area contributed by atoms with E-state index in [1.165, 1.54) is 10.4 Å². The molecule has 0 bridgehead atoms. The first-order chi connectivity index (χ1) is 14.4. The van der Waals surface area contributed by atoms with Crippen molar-refractivity contribution in [2.24, 2.45) is 0 Å². The third-order valence-electron chi connectivity index (χ3n) is 4.23. The van der Waals surface area contributed by atoms with Gasteiger partial charge in [-0.3, -0.25) is 4.79 Å². The zero-order chi connectivity index (χ0) is 21.6. The molecule has 3 N–H and O–H groups in total. The van der Waals surface area contributed by atoms with E-state index in [0.717, 1.165) is 22.8 Å². The highest BCUT2D eigenvalue weighted by Gasteiger charge is 2.31. The lowest BCUT2D eigenvalue weighted by Gasteiger charge is -2.25. The van der Waals surface area contributed by atoms with Crippen LogP contribution in [0.1, 0.15) is 9.67 Å². The second-order valence-corrected chi connectivity index (χ2v) is 10.3. The molecule has 1 aromatic heterocycles. The van der Waals surface area contributed by atoms with E-state index in [1.54, 1.807) is 47.5 Å². The number of rotatable bonds is 7. The SMILES string of the molecule is C=CCNC(=O)Nc1ccc(NC(=O)c2sccc2S(=O)(=O)N2CCSCC2)cc1. The van der Waals surface area contributed by atoms with Crippen LogP contribution in [0.4, 0.5) is 16.2 Å². The summed E-state index contributed by atoms with van der Waals surface area (Å²) in [5.74, 6) is 1.01. The highest BCUT2D eigenvalue weighted by molar-refractivity contribution is 7.99. The Kier molecular flexibility index (Phi) is 7.53. The van der Waals surface area contributed by atoms with Crippen LogP contribution in [0, 0.1) is 0 Å². The van der Waals surface area contributed by atoms with Gasteiger partial charge in [0.15, 0.2) is 0 Å². The summed E-state index contributed by atoms with van der Waals surface area (Å²) in [7, 11) is -3.71. The molecule has 160 valence electrons. The molecular weight excluding hydrogens is 444 g/mol. The van der Waals surface area contributed by atoms with Gasteiger partial charge in [-0.25, -0.2) is 13.2 Å². The smallest absolute Gasteiger partial charge is 0.319 e. The topological polar surface area (TPSA) is 108 Å². The molecule has 0 atom stereocenters. The zero-order valence-electron chi connectivity index (χ0n) is 16.1. The van der Waals surface area contributed by atoms with Crippen molar-refractivity contribution in [3.8, 4) is 0 Å². The normalized spacial score (nSPS) is 14.7. The Morgan fingerprint density at radius 3 is 2.33 bits per heavy atom. The standard InChI is InChI=1S/C19H22N4O4S3/c1-2-8-20-19(25)22-15-5-3-14(4-6-15)21-18(24)17-16(7-11-29-17)30(26,27)23-9-12-28-13-10-23/h2-7,11H,1,8-10,12-13H2,(H,21,24)(H2,20,22,25). The third-order valence-corrected chi connectivity index (χ3v) is 8.16. The van der Waals surface area contributed by atoms with E-state index in [9.17, 15) is 18.0 Å². The Bertz CT molecular complexity index is 1010. The number of carbonyl (C=O) groups excluding carboxylic acids is 2. The summed E-state index contributed by atoms with van der Waals surface area (Å²) in [6, 6.07) is 7.65. The minimum atomic E-state index is -3.71. The average Bonchev–Trinajstić information content (AvgIpc) is 3.25. The number of amides is 3. The van der Waals surface area contributed by atoms with Gasteiger partial charge in [-0.05, 0) is 35.7 Å². The van der Waals surface area contributed by atoms with Gasteiger partial charge in [-0.1, -0.05) is 6.08 Å². The van der Waals surface area contributed by atoms with Gasteiger partial charge in [0.05, 0.1) is 0 Å². The minimum absolute atomic E-state index is 0.0362. The predicted octanol–water partition coefficient (Wildman–Crippen LogP) is 3.05. The molecule has 3 amide bonds. The number of thioether (sulfide) groups is 1. The summed E-state index contributed by atoms with van der Waals surface area (Å²) in [5, 5.41) is 9.57. The summed E-state index contributed by atoms with van der Waals surface area (Å²) in [6.45, 7) is 4.76. The fourth-order valence-corrected chi connectivity index (χ4v) is 6.63. The van der Waals surface area contributed by atoms with Crippen molar-refractivity contribution < 1.29 is 18.0 Å². The van der Waals surface area contributed by atoms with Crippen LogP contribution in [0.2, 0.25) is 0 Å². The number of nitrogens with one attached hydrogen (secondary N) is 3. The first kappa shape index (κ1) is 22.3. The van der Waals surface area contributed by atoms with Gasteiger partial charge >= 0.3 is 6.03 Å². The fraction of sp³-hybridized carbons (Fsp3) is 0.263. The van der Waals surface area contributed by atoms with E-state index in [4.69, 9.17) is 0 Å². The van der Waals surface area contributed by atoms with Gasteiger partial charge in [-0.15, -0.1) is 17.9 Å². The molecule has 1 aliphatic heterocycles. The number of benzene rings is 1. The lowest BCUT2D eigenvalue weighted by molar-refractivity contribution is 0.102. The second-order valence-electron chi connectivity index (χ2n) is 6.29. The summed E-state index contributed by atoms with van der Waals surface area (Å²) in [5.41, 5.74) is 1.04. The maximum Gasteiger partial charge on any atom is 0.319 e. The van der Waals surface area contributed by atoms with Crippen LogP contribution in [-0.2, 0) is 10.0 Å². The predicted molar refractivity (Wildman–Crippen MR) is 122 cm³/mol. The maximum absolute atomic E-state index is 12.9. The molecule has 0 unspecified atom stereocenters. The molecule has 1 aliphatic rings. The van der Waals surface area contributed by atoms with E-state index < -0.39 is 15.9 Å². The van der Waals surface area contributed by atoms with Crippen molar-refractivity contribution in [1.82, 2.24) is 9.62 Å². The van der Waals surface area contributed by atoms with E-state index in [2.05, 4.69) is 22.5 Å². The van der Waals surface area contributed by atoms with Crippen LogP contribution in [-0.4, -0.2) is 55.8 Å². The molecule has 2 heterocycles. The van der Waals surface area contributed by atoms with E-state index in [1.807, 2.05) is 0 Å². The summed E-state index contributed by atoms with van der Waals surface area (Å²) < 4.78 is 27.3. The van der Waals surface area contributed by atoms with Gasteiger partial charge in [0.2, 0.25) is 10.0 Å². The number of sulfonamides is 1. The fourth-order valence-electron chi connectivity index (χ4n) is 2.76. The second kappa shape index (κ2) is 10.1. The highest BCUT2D eigenvalue weighted by atomic mass is 32.2. The summed E-state index contributed by atoms with van der Waals surface area (Å²) in [6.07, 6.45) is 1.57. The number of urea groups is 1. The number of carbonyl (C=O) groups is 2. The van der Waals surface area contributed by atoms with Gasteiger partial charge in [0, 0.05) is 42.5 Å².